The molecule has 1 aromatic carbocycles. The number of amides is 1. The molecule has 0 spiro atoms. The molecule has 0 saturated carbocycles. The third-order valence-electron chi connectivity index (χ3n) is 3.40. The third kappa shape index (κ3) is 4.53. The van der Waals surface area contributed by atoms with Crippen LogP contribution in [0.1, 0.15) is 20.8 Å². The van der Waals surface area contributed by atoms with Gasteiger partial charge in [0.2, 0.25) is 10.0 Å². The summed E-state index contributed by atoms with van der Waals surface area (Å²) in [7, 11) is -3.76. The predicted octanol–water partition coefficient (Wildman–Crippen LogP) is 3.23. The van der Waals surface area contributed by atoms with E-state index in [9.17, 15) is 13.2 Å². The number of carbonyl (C=O) groups is 1. The van der Waals surface area contributed by atoms with Crippen LogP contribution in [0.25, 0.3) is 0 Å². The number of hydrogen-bond acceptors (Lipinski definition) is 4. The van der Waals surface area contributed by atoms with Crippen LogP contribution in [-0.4, -0.2) is 55.5 Å². The molecule has 0 aliphatic carbocycles. The van der Waals surface area contributed by atoms with E-state index in [1.54, 1.807) is 20.8 Å². The Morgan fingerprint density at radius 1 is 1.12 bits per heavy atom. The van der Waals surface area contributed by atoms with Gasteiger partial charge in [-0.05, 0) is 39.0 Å². The van der Waals surface area contributed by atoms with Crippen LogP contribution < -0.4 is 0 Å². The first-order valence-electron chi connectivity index (χ1n) is 7.44. The second-order valence-corrected chi connectivity index (χ2v) is 9.20. The van der Waals surface area contributed by atoms with Gasteiger partial charge in [-0.2, -0.15) is 4.31 Å². The largest absolute Gasteiger partial charge is 0.444 e. The molecule has 6 nitrogen and oxygen atoms in total. The van der Waals surface area contributed by atoms with Crippen molar-refractivity contribution in [2.45, 2.75) is 31.3 Å². The van der Waals surface area contributed by atoms with Crippen molar-refractivity contribution >= 4 is 39.3 Å². The van der Waals surface area contributed by atoms with Crippen molar-refractivity contribution in [1.29, 1.82) is 0 Å². The van der Waals surface area contributed by atoms with Crippen LogP contribution in [0.3, 0.4) is 0 Å². The minimum absolute atomic E-state index is 0.0256. The van der Waals surface area contributed by atoms with Gasteiger partial charge in [0.25, 0.3) is 0 Å². The van der Waals surface area contributed by atoms with Crippen molar-refractivity contribution < 1.29 is 17.9 Å². The van der Waals surface area contributed by atoms with E-state index < -0.39 is 21.7 Å². The Bertz CT molecular complexity index is 723. The minimum Gasteiger partial charge on any atom is -0.444 e. The zero-order chi connectivity index (χ0) is 18.1. The van der Waals surface area contributed by atoms with Gasteiger partial charge in [0.15, 0.2) is 0 Å². The zero-order valence-electron chi connectivity index (χ0n) is 13.8. The summed E-state index contributed by atoms with van der Waals surface area (Å²) in [5.41, 5.74) is -0.589. The number of piperazine rings is 1. The normalized spacial score (nSPS) is 17.0. The van der Waals surface area contributed by atoms with E-state index in [2.05, 4.69) is 0 Å². The fraction of sp³-hybridized carbons (Fsp3) is 0.533. The Labute approximate surface area is 152 Å². The number of halogens is 2. The number of sulfonamides is 1. The van der Waals surface area contributed by atoms with E-state index in [4.69, 9.17) is 27.9 Å². The summed E-state index contributed by atoms with van der Waals surface area (Å²) in [6.07, 6.45) is -0.444. The van der Waals surface area contributed by atoms with E-state index in [1.165, 1.54) is 27.4 Å². The molecule has 1 heterocycles. The van der Waals surface area contributed by atoms with Crippen LogP contribution in [0.5, 0.6) is 0 Å². The van der Waals surface area contributed by atoms with Crippen molar-refractivity contribution in [2.24, 2.45) is 0 Å². The van der Waals surface area contributed by atoms with Gasteiger partial charge in [0, 0.05) is 31.2 Å². The SMILES string of the molecule is CC(C)(C)OC(=O)N1CCN(S(=O)(=O)c2cc(Cl)ccc2Cl)CC1. The quantitative estimate of drug-likeness (QED) is 0.771. The third-order valence-corrected chi connectivity index (χ3v) is 6.02. The highest BCUT2D eigenvalue weighted by molar-refractivity contribution is 7.89. The van der Waals surface area contributed by atoms with Gasteiger partial charge in [0.1, 0.15) is 10.5 Å². The average molecular weight is 395 g/mol. The van der Waals surface area contributed by atoms with Gasteiger partial charge in [0.05, 0.1) is 5.02 Å². The summed E-state index contributed by atoms with van der Waals surface area (Å²) in [6, 6.07) is 4.32. The molecule has 0 unspecified atom stereocenters. The van der Waals surface area contributed by atoms with E-state index >= 15 is 0 Å². The molecule has 24 heavy (non-hydrogen) atoms. The van der Waals surface area contributed by atoms with Crippen LogP contribution in [0.2, 0.25) is 10.0 Å². The van der Waals surface area contributed by atoms with Gasteiger partial charge in [-0.15, -0.1) is 0 Å². The summed E-state index contributed by atoms with van der Waals surface area (Å²) in [5, 5.41) is 0.416. The molecule has 1 saturated heterocycles. The Morgan fingerprint density at radius 2 is 1.71 bits per heavy atom. The highest BCUT2D eigenvalue weighted by atomic mass is 35.5. The Hall–Kier alpha value is -1.02. The topological polar surface area (TPSA) is 66.9 Å². The second kappa shape index (κ2) is 7.07. The fourth-order valence-electron chi connectivity index (χ4n) is 2.25. The predicted molar refractivity (Wildman–Crippen MR) is 93.0 cm³/mol. The minimum atomic E-state index is -3.76. The molecule has 2 rings (SSSR count). The lowest BCUT2D eigenvalue weighted by Gasteiger charge is -2.35. The molecular weight excluding hydrogens is 375 g/mol. The maximum absolute atomic E-state index is 12.7. The first-order chi connectivity index (χ1) is 11.0. The number of hydrogen-bond donors (Lipinski definition) is 0. The molecule has 134 valence electrons. The number of carbonyl (C=O) groups excluding carboxylic acids is 1. The van der Waals surface area contributed by atoms with Crippen LogP contribution in [0, 0.1) is 0 Å². The Morgan fingerprint density at radius 3 is 2.25 bits per heavy atom. The van der Waals surface area contributed by atoms with Crippen LogP contribution in [0.15, 0.2) is 23.1 Å². The molecule has 1 aromatic rings. The summed E-state index contributed by atoms with van der Waals surface area (Å²) < 4.78 is 32.0. The monoisotopic (exact) mass is 394 g/mol. The van der Waals surface area contributed by atoms with Gasteiger partial charge >= 0.3 is 6.09 Å². The molecular formula is C15H20Cl2N2O4S. The highest BCUT2D eigenvalue weighted by Crippen LogP contribution is 2.28. The first kappa shape index (κ1) is 19.3. The molecule has 1 amide bonds. The molecule has 0 bridgehead atoms. The maximum atomic E-state index is 12.7. The van der Waals surface area contributed by atoms with Crippen molar-refractivity contribution in [2.75, 3.05) is 26.2 Å². The number of ether oxygens (including phenoxy) is 1. The van der Waals surface area contributed by atoms with E-state index in [0.29, 0.717) is 5.02 Å². The number of nitrogens with zero attached hydrogens (tertiary/aromatic N) is 2. The summed E-state index contributed by atoms with van der Waals surface area (Å²) in [4.78, 5) is 13.5. The fourth-order valence-corrected chi connectivity index (χ4v) is 4.41. The lowest BCUT2D eigenvalue weighted by atomic mass is 10.2. The molecule has 0 aromatic heterocycles. The van der Waals surface area contributed by atoms with E-state index in [0.717, 1.165) is 0 Å². The van der Waals surface area contributed by atoms with E-state index in [-0.39, 0.29) is 36.1 Å². The van der Waals surface area contributed by atoms with Crippen molar-refractivity contribution in [3.8, 4) is 0 Å². The zero-order valence-corrected chi connectivity index (χ0v) is 16.1. The number of benzene rings is 1. The summed E-state index contributed by atoms with van der Waals surface area (Å²) in [6.45, 7) is 6.21. The lowest BCUT2D eigenvalue weighted by molar-refractivity contribution is 0.0192. The first-order valence-corrected chi connectivity index (χ1v) is 9.63. The summed E-state index contributed by atoms with van der Waals surface area (Å²) >= 11 is 11.9. The lowest BCUT2D eigenvalue weighted by Crippen LogP contribution is -2.51. The standard InChI is InChI=1S/C15H20Cl2N2O4S/c1-15(2,3)23-14(20)18-6-8-19(9-7-18)24(21,22)13-10-11(16)4-5-12(13)17/h4-5,10H,6-9H2,1-3H3. The molecule has 1 aliphatic heterocycles. The van der Waals surface area contributed by atoms with Crippen LogP contribution in [0.4, 0.5) is 4.79 Å². The molecule has 0 radical (unpaired) electrons. The summed E-state index contributed by atoms with van der Waals surface area (Å²) in [5.74, 6) is 0. The highest BCUT2D eigenvalue weighted by Gasteiger charge is 2.33. The Kier molecular flexibility index (Phi) is 5.69. The smallest absolute Gasteiger partial charge is 0.410 e. The van der Waals surface area contributed by atoms with Crippen LogP contribution in [-0.2, 0) is 14.8 Å². The van der Waals surface area contributed by atoms with Gasteiger partial charge < -0.3 is 9.64 Å². The maximum Gasteiger partial charge on any atom is 0.410 e. The van der Waals surface area contributed by atoms with Crippen molar-refractivity contribution in [3.63, 3.8) is 0 Å². The molecule has 1 fully saturated rings. The molecule has 1 aliphatic rings. The molecule has 0 N–H and O–H groups in total. The molecule has 9 heteroatoms. The van der Waals surface area contributed by atoms with E-state index in [1.807, 2.05) is 0 Å². The number of rotatable bonds is 2. The molecule has 0 atom stereocenters. The van der Waals surface area contributed by atoms with Gasteiger partial charge in [-0.25, -0.2) is 13.2 Å². The van der Waals surface area contributed by atoms with Gasteiger partial charge in [-0.3, -0.25) is 0 Å². The average Bonchev–Trinajstić information content (AvgIpc) is 2.48. The second-order valence-electron chi connectivity index (χ2n) is 6.45. The Balaban J connectivity index is 2.09. The van der Waals surface area contributed by atoms with Crippen molar-refractivity contribution in [1.82, 2.24) is 9.21 Å². The van der Waals surface area contributed by atoms with Crippen molar-refractivity contribution in [3.05, 3.63) is 28.2 Å². The van der Waals surface area contributed by atoms with Gasteiger partial charge in [-0.1, -0.05) is 23.2 Å². The van der Waals surface area contributed by atoms with Crippen LogP contribution >= 0.6 is 23.2 Å².